The number of aromatic hydroxyl groups is 1. The maximum Gasteiger partial charge on any atom is 0.129 e. The van der Waals surface area contributed by atoms with Gasteiger partial charge in [-0.25, -0.2) is 4.99 Å². The van der Waals surface area contributed by atoms with Gasteiger partial charge in [-0.05, 0) is 24.3 Å². The number of rotatable bonds is 2. The van der Waals surface area contributed by atoms with Crippen molar-refractivity contribution in [3.8, 4) is 5.75 Å². The second-order valence-corrected chi connectivity index (χ2v) is 2.87. The summed E-state index contributed by atoms with van der Waals surface area (Å²) < 4.78 is 0. The summed E-state index contributed by atoms with van der Waals surface area (Å²) in [6, 6.07) is 10.8. The molecule has 0 bridgehead atoms. The minimum absolute atomic E-state index is 0.239. The second kappa shape index (κ2) is 3.79. The number of H-pyrrole nitrogens is 1. The third-order valence-electron chi connectivity index (χ3n) is 1.86. The van der Waals surface area contributed by atoms with Crippen LogP contribution in [0.2, 0.25) is 0 Å². The summed E-state index contributed by atoms with van der Waals surface area (Å²) >= 11 is 0. The van der Waals surface area contributed by atoms with Gasteiger partial charge >= 0.3 is 0 Å². The highest BCUT2D eigenvalue weighted by Gasteiger charge is 1.94. The van der Waals surface area contributed by atoms with Crippen LogP contribution in [-0.2, 0) is 0 Å². The van der Waals surface area contributed by atoms with Gasteiger partial charge in [0.05, 0.1) is 0 Å². The molecule has 1 aromatic heterocycles. The SMILES string of the molecule is Oc1ccccc1C=Nc1ccc[nH]1. The normalized spacial score (nSPS) is 10.9. The maximum absolute atomic E-state index is 9.44. The highest BCUT2D eigenvalue weighted by molar-refractivity contribution is 5.84. The van der Waals surface area contributed by atoms with Gasteiger partial charge in [-0.2, -0.15) is 0 Å². The molecule has 2 N–H and O–H groups in total. The van der Waals surface area contributed by atoms with Crippen LogP contribution in [0.15, 0.2) is 47.6 Å². The molecule has 3 heteroatoms. The highest BCUT2D eigenvalue weighted by atomic mass is 16.3. The number of phenolic OH excluding ortho intramolecular Hbond substituents is 1. The first-order valence-electron chi connectivity index (χ1n) is 4.32. The number of hydrogen-bond donors (Lipinski definition) is 2. The van der Waals surface area contributed by atoms with Crippen molar-refractivity contribution in [1.82, 2.24) is 4.98 Å². The third kappa shape index (κ3) is 1.82. The molecule has 0 fully saturated rings. The number of aromatic amines is 1. The van der Waals surface area contributed by atoms with Gasteiger partial charge in [0, 0.05) is 18.0 Å². The molecule has 0 spiro atoms. The van der Waals surface area contributed by atoms with Gasteiger partial charge in [0.2, 0.25) is 0 Å². The van der Waals surface area contributed by atoms with Crippen molar-refractivity contribution in [3.05, 3.63) is 48.2 Å². The summed E-state index contributed by atoms with van der Waals surface area (Å²) in [6.45, 7) is 0. The zero-order chi connectivity index (χ0) is 9.80. The molecule has 0 aliphatic heterocycles. The highest BCUT2D eigenvalue weighted by Crippen LogP contribution is 2.14. The van der Waals surface area contributed by atoms with Gasteiger partial charge in [0.1, 0.15) is 11.6 Å². The Kier molecular flexibility index (Phi) is 2.32. The summed E-state index contributed by atoms with van der Waals surface area (Å²) in [7, 11) is 0. The monoisotopic (exact) mass is 186 g/mol. The van der Waals surface area contributed by atoms with Crippen LogP contribution in [0.4, 0.5) is 5.82 Å². The Hall–Kier alpha value is -2.03. The maximum atomic E-state index is 9.44. The molecule has 0 saturated carbocycles. The van der Waals surface area contributed by atoms with Crippen LogP contribution in [0.3, 0.4) is 0 Å². The van der Waals surface area contributed by atoms with Crippen molar-refractivity contribution in [2.24, 2.45) is 4.99 Å². The van der Waals surface area contributed by atoms with Crippen molar-refractivity contribution in [2.75, 3.05) is 0 Å². The quantitative estimate of drug-likeness (QED) is 0.695. The van der Waals surface area contributed by atoms with E-state index in [0.29, 0.717) is 5.56 Å². The summed E-state index contributed by atoms with van der Waals surface area (Å²) in [4.78, 5) is 7.10. The van der Waals surface area contributed by atoms with Crippen molar-refractivity contribution >= 4 is 12.0 Å². The lowest BCUT2D eigenvalue weighted by Crippen LogP contribution is -1.80. The minimum atomic E-state index is 0.239. The van der Waals surface area contributed by atoms with Crippen molar-refractivity contribution in [1.29, 1.82) is 0 Å². The van der Waals surface area contributed by atoms with Gasteiger partial charge in [0.15, 0.2) is 0 Å². The van der Waals surface area contributed by atoms with E-state index in [9.17, 15) is 5.11 Å². The summed E-state index contributed by atoms with van der Waals surface area (Å²) in [6.07, 6.45) is 3.43. The van der Waals surface area contributed by atoms with E-state index >= 15 is 0 Å². The standard InChI is InChI=1S/C11H10N2O/c14-10-5-2-1-4-9(10)8-13-11-6-3-7-12-11/h1-8,12,14H. The Morgan fingerprint density at radius 3 is 2.71 bits per heavy atom. The lowest BCUT2D eigenvalue weighted by Gasteiger charge is -1.95. The first kappa shape index (κ1) is 8.56. The van der Waals surface area contributed by atoms with E-state index in [0.717, 1.165) is 5.82 Å². The van der Waals surface area contributed by atoms with Crippen LogP contribution < -0.4 is 0 Å². The van der Waals surface area contributed by atoms with E-state index in [1.807, 2.05) is 24.3 Å². The number of nitrogens with one attached hydrogen (secondary N) is 1. The Bertz CT molecular complexity index is 432. The van der Waals surface area contributed by atoms with Gasteiger partial charge in [-0.3, -0.25) is 0 Å². The third-order valence-corrected chi connectivity index (χ3v) is 1.86. The minimum Gasteiger partial charge on any atom is -0.507 e. The summed E-state index contributed by atoms with van der Waals surface area (Å²) in [5, 5.41) is 9.44. The zero-order valence-corrected chi connectivity index (χ0v) is 7.51. The number of hydrogen-bond acceptors (Lipinski definition) is 2. The second-order valence-electron chi connectivity index (χ2n) is 2.87. The van der Waals surface area contributed by atoms with Gasteiger partial charge < -0.3 is 10.1 Å². The molecule has 2 rings (SSSR count). The topological polar surface area (TPSA) is 48.4 Å². The molecule has 3 nitrogen and oxygen atoms in total. The van der Waals surface area contributed by atoms with Gasteiger partial charge in [0.25, 0.3) is 0 Å². The molecule has 0 unspecified atom stereocenters. The molecule has 0 aliphatic carbocycles. The fourth-order valence-electron chi connectivity index (χ4n) is 1.14. The molecule has 0 amide bonds. The Morgan fingerprint density at radius 2 is 2.00 bits per heavy atom. The molecular weight excluding hydrogens is 176 g/mol. The van der Waals surface area contributed by atoms with E-state index in [1.165, 1.54) is 0 Å². The predicted molar refractivity (Wildman–Crippen MR) is 56.2 cm³/mol. The van der Waals surface area contributed by atoms with Crippen molar-refractivity contribution < 1.29 is 5.11 Å². The van der Waals surface area contributed by atoms with E-state index in [-0.39, 0.29) is 5.75 Å². The van der Waals surface area contributed by atoms with E-state index in [1.54, 1.807) is 24.5 Å². The van der Waals surface area contributed by atoms with E-state index < -0.39 is 0 Å². The molecule has 2 aromatic rings. The molecule has 0 radical (unpaired) electrons. The number of nitrogens with zero attached hydrogens (tertiary/aromatic N) is 1. The molecular formula is C11H10N2O. The average molecular weight is 186 g/mol. The molecule has 14 heavy (non-hydrogen) atoms. The fraction of sp³-hybridized carbons (Fsp3) is 0. The van der Waals surface area contributed by atoms with Gasteiger partial charge in [-0.1, -0.05) is 12.1 Å². The number of para-hydroxylation sites is 1. The molecule has 0 aliphatic rings. The van der Waals surface area contributed by atoms with Gasteiger partial charge in [-0.15, -0.1) is 0 Å². The molecule has 70 valence electrons. The predicted octanol–water partition coefficient (Wildman–Crippen LogP) is 2.47. The number of benzene rings is 1. The smallest absolute Gasteiger partial charge is 0.129 e. The average Bonchev–Trinajstić information content (AvgIpc) is 2.69. The van der Waals surface area contributed by atoms with Crippen molar-refractivity contribution in [3.63, 3.8) is 0 Å². The summed E-state index contributed by atoms with van der Waals surface area (Å²) in [5.74, 6) is 1.01. The zero-order valence-electron chi connectivity index (χ0n) is 7.51. The molecule has 0 saturated heterocycles. The first-order valence-corrected chi connectivity index (χ1v) is 4.32. The number of aromatic nitrogens is 1. The Morgan fingerprint density at radius 1 is 1.14 bits per heavy atom. The molecule has 1 heterocycles. The van der Waals surface area contributed by atoms with Crippen LogP contribution in [0.5, 0.6) is 5.75 Å². The van der Waals surface area contributed by atoms with Crippen LogP contribution in [0.25, 0.3) is 0 Å². The number of phenols is 1. The Labute approximate surface area is 81.8 Å². The first-order chi connectivity index (χ1) is 6.86. The van der Waals surface area contributed by atoms with Crippen LogP contribution in [0.1, 0.15) is 5.56 Å². The van der Waals surface area contributed by atoms with Crippen LogP contribution in [-0.4, -0.2) is 16.3 Å². The molecule has 1 aromatic carbocycles. The fourth-order valence-corrected chi connectivity index (χ4v) is 1.14. The molecule has 0 atom stereocenters. The van der Waals surface area contributed by atoms with Crippen LogP contribution in [0, 0.1) is 0 Å². The van der Waals surface area contributed by atoms with E-state index in [2.05, 4.69) is 9.98 Å². The number of aliphatic imine (C=N–C) groups is 1. The summed E-state index contributed by atoms with van der Waals surface area (Å²) in [5.41, 5.74) is 0.710. The van der Waals surface area contributed by atoms with E-state index in [4.69, 9.17) is 0 Å². The van der Waals surface area contributed by atoms with Crippen molar-refractivity contribution in [2.45, 2.75) is 0 Å². The lowest BCUT2D eigenvalue weighted by atomic mass is 10.2. The Balaban J connectivity index is 2.23. The lowest BCUT2D eigenvalue weighted by molar-refractivity contribution is 0.474. The van der Waals surface area contributed by atoms with Crippen LogP contribution >= 0.6 is 0 Å². The largest absolute Gasteiger partial charge is 0.507 e.